The Morgan fingerprint density at radius 1 is 1.10 bits per heavy atom. The SMILES string of the molecule is Cl.Cl.NC(Cc1ccc(Cl)cc1)C(=O)N1CCN(c2ccnc3[nH]ccc23)CC1. The molecule has 3 heterocycles. The Hall–Kier alpha value is -1.99. The average Bonchev–Trinajstić information content (AvgIpc) is 3.18. The number of nitrogens with zero attached hydrogens (tertiary/aromatic N) is 3. The van der Waals surface area contributed by atoms with Crippen molar-refractivity contribution in [3.63, 3.8) is 0 Å². The van der Waals surface area contributed by atoms with Gasteiger partial charge in [-0.25, -0.2) is 4.98 Å². The van der Waals surface area contributed by atoms with E-state index in [2.05, 4.69) is 14.9 Å². The number of benzene rings is 1. The molecule has 29 heavy (non-hydrogen) atoms. The number of fused-ring (bicyclic) bond motifs is 1. The van der Waals surface area contributed by atoms with E-state index in [1.807, 2.05) is 53.7 Å². The van der Waals surface area contributed by atoms with E-state index in [1.165, 1.54) is 0 Å². The number of anilines is 1. The molecule has 0 radical (unpaired) electrons. The van der Waals surface area contributed by atoms with Crippen molar-refractivity contribution in [2.45, 2.75) is 12.5 Å². The number of H-pyrrole nitrogens is 1. The summed E-state index contributed by atoms with van der Waals surface area (Å²) in [4.78, 5) is 24.4. The number of halogens is 3. The van der Waals surface area contributed by atoms with Crippen LogP contribution in [0.5, 0.6) is 0 Å². The fraction of sp³-hybridized carbons (Fsp3) is 0.300. The molecule has 1 saturated heterocycles. The lowest BCUT2D eigenvalue weighted by Gasteiger charge is -2.37. The van der Waals surface area contributed by atoms with Crippen LogP contribution in [-0.4, -0.2) is 53.0 Å². The molecule has 3 aromatic rings. The Bertz CT molecular complexity index is 939. The molecule has 1 aliphatic rings. The first-order valence-electron chi connectivity index (χ1n) is 9.07. The van der Waals surface area contributed by atoms with Crippen LogP contribution in [0.1, 0.15) is 5.56 Å². The molecule has 0 bridgehead atoms. The van der Waals surface area contributed by atoms with E-state index >= 15 is 0 Å². The van der Waals surface area contributed by atoms with Gasteiger partial charge in [0, 0.05) is 54.7 Å². The maximum absolute atomic E-state index is 12.7. The van der Waals surface area contributed by atoms with E-state index in [0.717, 1.165) is 35.4 Å². The van der Waals surface area contributed by atoms with Gasteiger partial charge in [-0.15, -0.1) is 24.8 Å². The largest absolute Gasteiger partial charge is 0.367 e. The minimum absolute atomic E-state index is 0. The second-order valence-corrected chi connectivity index (χ2v) is 7.26. The molecule has 156 valence electrons. The Kier molecular flexibility index (Phi) is 8.16. The van der Waals surface area contributed by atoms with Crippen LogP contribution in [0, 0.1) is 0 Å². The van der Waals surface area contributed by atoms with Gasteiger partial charge in [-0.2, -0.15) is 0 Å². The number of piperazine rings is 1. The Morgan fingerprint density at radius 2 is 1.79 bits per heavy atom. The molecule has 9 heteroatoms. The molecule has 0 spiro atoms. The lowest BCUT2D eigenvalue weighted by Crippen LogP contribution is -2.53. The topological polar surface area (TPSA) is 78.2 Å². The Labute approximate surface area is 187 Å². The van der Waals surface area contributed by atoms with Gasteiger partial charge in [-0.1, -0.05) is 23.7 Å². The summed E-state index contributed by atoms with van der Waals surface area (Å²) in [6.45, 7) is 2.90. The van der Waals surface area contributed by atoms with Gasteiger partial charge < -0.3 is 20.5 Å². The van der Waals surface area contributed by atoms with Gasteiger partial charge in [0.15, 0.2) is 0 Å². The zero-order valence-electron chi connectivity index (χ0n) is 15.8. The van der Waals surface area contributed by atoms with Crippen molar-refractivity contribution in [1.82, 2.24) is 14.9 Å². The molecular weight excluding hydrogens is 433 g/mol. The zero-order valence-corrected chi connectivity index (χ0v) is 18.1. The zero-order chi connectivity index (χ0) is 18.8. The number of hydrogen-bond donors (Lipinski definition) is 2. The van der Waals surface area contributed by atoms with Gasteiger partial charge in [-0.05, 0) is 36.2 Å². The van der Waals surface area contributed by atoms with Gasteiger partial charge in [-0.3, -0.25) is 4.79 Å². The molecule has 3 N–H and O–H groups in total. The summed E-state index contributed by atoms with van der Waals surface area (Å²) in [6, 6.07) is 11.0. The molecule has 1 atom stereocenters. The maximum Gasteiger partial charge on any atom is 0.239 e. The van der Waals surface area contributed by atoms with Crippen LogP contribution >= 0.6 is 36.4 Å². The van der Waals surface area contributed by atoms with E-state index in [1.54, 1.807) is 0 Å². The second kappa shape index (κ2) is 10.2. The number of carbonyl (C=O) groups excluding carboxylic acids is 1. The highest BCUT2D eigenvalue weighted by Gasteiger charge is 2.26. The first kappa shape index (κ1) is 23.3. The first-order valence-corrected chi connectivity index (χ1v) is 9.45. The predicted octanol–water partition coefficient (Wildman–Crippen LogP) is 3.28. The minimum Gasteiger partial charge on any atom is -0.367 e. The number of rotatable bonds is 4. The fourth-order valence-electron chi connectivity index (χ4n) is 3.59. The Morgan fingerprint density at radius 3 is 2.48 bits per heavy atom. The van der Waals surface area contributed by atoms with Crippen LogP contribution in [0.25, 0.3) is 11.0 Å². The van der Waals surface area contributed by atoms with Crippen LogP contribution in [0.3, 0.4) is 0 Å². The molecule has 1 amide bonds. The number of carbonyl (C=O) groups is 1. The van der Waals surface area contributed by atoms with Crippen LogP contribution in [0.15, 0.2) is 48.8 Å². The average molecular weight is 457 g/mol. The molecule has 0 saturated carbocycles. The van der Waals surface area contributed by atoms with E-state index in [0.29, 0.717) is 24.5 Å². The van der Waals surface area contributed by atoms with Crippen molar-refractivity contribution in [2.75, 3.05) is 31.1 Å². The van der Waals surface area contributed by atoms with E-state index < -0.39 is 6.04 Å². The first-order chi connectivity index (χ1) is 13.1. The Balaban J connectivity index is 0.00000150. The van der Waals surface area contributed by atoms with Crippen molar-refractivity contribution in [1.29, 1.82) is 0 Å². The van der Waals surface area contributed by atoms with Crippen LogP contribution < -0.4 is 10.6 Å². The van der Waals surface area contributed by atoms with Crippen LogP contribution in [-0.2, 0) is 11.2 Å². The minimum atomic E-state index is -0.532. The summed E-state index contributed by atoms with van der Waals surface area (Å²) < 4.78 is 0. The van der Waals surface area contributed by atoms with E-state index in [4.69, 9.17) is 17.3 Å². The summed E-state index contributed by atoms with van der Waals surface area (Å²) in [5.41, 5.74) is 9.23. The predicted molar refractivity (Wildman–Crippen MR) is 123 cm³/mol. The highest BCUT2D eigenvalue weighted by molar-refractivity contribution is 6.30. The number of pyridine rings is 1. The molecular formula is C20H24Cl3N5O. The quantitative estimate of drug-likeness (QED) is 0.631. The third-order valence-electron chi connectivity index (χ3n) is 5.06. The molecule has 1 unspecified atom stereocenters. The van der Waals surface area contributed by atoms with Gasteiger partial charge in [0.2, 0.25) is 5.91 Å². The van der Waals surface area contributed by atoms with Gasteiger partial charge in [0.05, 0.1) is 6.04 Å². The highest BCUT2D eigenvalue weighted by atomic mass is 35.5. The maximum atomic E-state index is 12.7. The fourth-order valence-corrected chi connectivity index (χ4v) is 3.71. The van der Waals surface area contributed by atoms with Crippen molar-refractivity contribution in [3.05, 3.63) is 59.4 Å². The molecule has 1 aromatic carbocycles. The molecule has 1 aliphatic heterocycles. The summed E-state index contributed by atoms with van der Waals surface area (Å²) in [5.74, 6) is 0.00567. The second-order valence-electron chi connectivity index (χ2n) is 6.82. The van der Waals surface area contributed by atoms with Gasteiger partial charge >= 0.3 is 0 Å². The summed E-state index contributed by atoms with van der Waals surface area (Å²) in [5, 5.41) is 1.79. The standard InChI is InChI=1S/C20H22ClN5O.2ClH/c21-15-3-1-14(2-4-15)13-17(22)20(27)26-11-9-25(10-12-26)18-6-8-24-19-16(18)5-7-23-19;;/h1-8,17H,9-13,22H2,(H,23,24);2*1H. The lowest BCUT2D eigenvalue weighted by molar-refractivity contribution is -0.132. The van der Waals surface area contributed by atoms with Crippen LogP contribution in [0.4, 0.5) is 5.69 Å². The van der Waals surface area contributed by atoms with E-state index in [9.17, 15) is 4.79 Å². The van der Waals surface area contributed by atoms with Crippen molar-refractivity contribution >= 4 is 59.0 Å². The number of aromatic amines is 1. The third kappa shape index (κ3) is 5.14. The molecule has 2 aromatic heterocycles. The normalized spacial score (nSPS) is 14.8. The van der Waals surface area contributed by atoms with Gasteiger partial charge in [0.1, 0.15) is 5.65 Å². The highest BCUT2D eigenvalue weighted by Crippen LogP contribution is 2.25. The molecule has 6 nitrogen and oxygen atoms in total. The van der Waals surface area contributed by atoms with Gasteiger partial charge in [0.25, 0.3) is 0 Å². The number of aromatic nitrogens is 2. The summed E-state index contributed by atoms with van der Waals surface area (Å²) in [6.07, 6.45) is 4.23. The number of nitrogens with one attached hydrogen (secondary N) is 1. The van der Waals surface area contributed by atoms with Crippen LogP contribution in [0.2, 0.25) is 5.02 Å². The van der Waals surface area contributed by atoms with Crippen molar-refractivity contribution in [3.8, 4) is 0 Å². The summed E-state index contributed by atoms with van der Waals surface area (Å²) >= 11 is 5.91. The number of nitrogens with two attached hydrogens (primary N) is 1. The molecule has 4 rings (SSSR count). The number of amides is 1. The van der Waals surface area contributed by atoms with Crippen molar-refractivity contribution in [2.24, 2.45) is 5.73 Å². The lowest BCUT2D eigenvalue weighted by atomic mass is 10.1. The third-order valence-corrected chi connectivity index (χ3v) is 5.31. The number of hydrogen-bond acceptors (Lipinski definition) is 4. The van der Waals surface area contributed by atoms with Crippen molar-refractivity contribution < 1.29 is 4.79 Å². The molecule has 1 fully saturated rings. The smallest absolute Gasteiger partial charge is 0.239 e. The molecule has 0 aliphatic carbocycles. The van der Waals surface area contributed by atoms with E-state index in [-0.39, 0.29) is 30.7 Å². The monoisotopic (exact) mass is 455 g/mol. The summed E-state index contributed by atoms with van der Waals surface area (Å²) in [7, 11) is 0.